The normalized spacial score (nSPS) is 15.0. The summed E-state index contributed by atoms with van der Waals surface area (Å²) in [5.74, 6) is 0. The van der Waals surface area contributed by atoms with Gasteiger partial charge in [-0.25, -0.2) is 0 Å². The molecular weight excluding hydrogens is 327 g/mol. The molecule has 0 saturated carbocycles. The molecule has 1 fully saturated rings. The average Bonchev–Trinajstić information content (AvgIpc) is 2.46. The Balaban J connectivity index is 0.00000220. The third kappa shape index (κ3) is 6.46. The summed E-state index contributed by atoms with van der Waals surface area (Å²) in [7, 11) is 2.01. The van der Waals surface area contributed by atoms with E-state index < -0.39 is 0 Å². The molecule has 0 spiro atoms. The first kappa shape index (κ1) is 21.1. The summed E-state index contributed by atoms with van der Waals surface area (Å²) in [6.07, 6.45) is 0. The van der Waals surface area contributed by atoms with E-state index in [1.165, 1.54) is 0 Å². The van der Waals surface area contributed by atoms with Crippen molar-refractivity contribution in [3.8, 4) is 0 Å². The number of likely N-dealkylation sites (N-methyl/N-ethyl adjacent to an activating group) is 1. The van der Waals surface area contributed by atoms with E-state index in [2.05, 4.69) is 15.1 Å². The van der Waals surface area contributed by atoms with Crippen LogP contribution in [0.1, 0.15) is 5.56 Å². The topological polar surface area (TPSA) is 61.6 Å². The maximum atomic E-state index is 11.0. The van der Waals surface area contributed by atoms with Gasteiger partial charge in [0.15, 0.2) is 0 Å². The number of piperazine rings is 1. The molecule has 0 unspecified atom stereocenters. The Hall–Kier alpha value is -0.920. The van der Waals surface area contributed by atoms with E-state index in [1.807, 2.05) is 19.2 Å². The average molecular weight is 351 g/mol. The van der Waals surface area contributed by atoms with E-state index in [1.54, 1.807) is 12.1 Å². The molecule has 2 rings (SSSR count). The molecule has 1 aromatic carbocycles. The van der Waals surface area contributed by atoms with Crippen molar-refractivity contribution in [1.82, 2.24) is 15.1 Å². The SMILES string of the molecule is CN(CCN1CCNCC1)Cc1ccccc1[N+](=O)[O-].Cl.Cl. The zero-order chi connectivity index (χ0) is 14.4. The standard InChI is InChI=1S/C14H22N4O2.2ClH/c1-16(10-11-17-8-6-15-7-9-17)12-13-4-2-3-5-14(13)18(19)20;;/h2-5,15H,6-12H2,1H3;2*1H. The molecule has 1 aromatic rings. The molecule has 1 aliphatic heterocycles. The van der Waals surface area contributed by atoms with Crippen molar-refractivity contribution < 1.29 is 4.92 Å². The fraction of sp³-hybridized carbons (Fsp3) is 0.571. The van der Waals surface area contributed by atoms with Crippen LogP contribution >= 0.6 is 24.8 Å². The second-order valence-electron chi connectivity index (χ2n) is 5.22. The molecule has 126 valence electrons. The number of halogens is 2. The number of hydrogen-bond acceptors (Lipinski definition) is 5. The van der Waals surface area contributed by atoms with Gasteiger partial charge in [-0.1, -0.05) is 18.2 Å². The molecule has 0 amide bonds. The van der Waals surface area contributed by atoms with Crippen molar-refractivity contribution >= 4 is 30.5 Å². The van der Waals surface area contributed by atoms with Gasteiger partial charge in [0, 0.05) is 57.4 Å². The lowest BCUT2D eigenvalue weighted by Gasteiger charge is -2.29. The summed E-state index contributed by atoms with van der Waals surface area (Å²) in [6, 6.07) is 6.97. The van der Waals surface area contributed by atoms with Gasteiger partial charge in [-0.2, -0.15) is 0 Å². The summed E-state index contributed by atoms with van der Waals surface area (Å²) >= 11 is 0. The number of rotatable bonds is 6. The minimum absolute atomic E-state index is 0. The highest BCUT2D eigenvalue weighted by molar-refractivity contribution is 5.85. The zero-order valence-corrected chi connectivity index (χ0v) is 14.4. The first-order valence-electron chi connectivity index (χ1n) is 7.01. The van der Waals surface area contributed by atoms with Crippen LogP contribution in [0.4, 0.5) is 5.69 Å². The monoisotopic (exact) mass is 350 g/mol. The molecule has 6 nitrogen and oxygen atoms in total. The number of nitrogens with one attached hydrogen (secondary N) is 1. The molecule has 0 atom stereocenters. The Morgan fingerprint density at radius 2 is 1.91 bits per heavy atom. The number of benzene rings is 1. The van der Waals surface area contributed by atoms with Crippen LogP contribution in [-0.4, -0.2) is 61.0 Å². The maximum Gasteiger partial charge on any atom is 0.273 e. The molecule has 0 aromatic heterocycles. The lowest BCUT2D eigenvalue weighted by atomic mass is 10.1. The van der Waals surface area contributed by atoms with Crippen LogP contribution in [0.2, 0.25) is 0 Å². The van der Waals surface area contributed by atoms with Gasteiger partial charge in [0.25, 0.3) is 5.69 Å². The molecule has 0 radical (unpaired) electrons. The third-order valence-corrected chi connectivity index (χ3v) is 3.64. The number of nitro groups is 1. The van der Waals surface area contributed by atoms with Gasteiger partial charge in [-0.3, -0.25) is 15.0 Å². The van der Waals surface area contributed by atoms with E-state index in [-0.39, 0.29) is 35.4 Å². The molecule has 0 bridgehead atoms. The van der Waals surface area contributed by atoms with Crippen molar-refractivity contribution in [2.45, 2.75) is 6.54 Å². The van der Waals surface area contributed by atoms with Gasteiger partial charge in [-0.05, 0) is 7.05 Å². The number of nitro benzene ring substituents is 1. The highest BCUT2D eigenvalue weighted by atomic mass is 35.5. The Labute approximate surface area is 143 Å². The molecule has 8 heteroatoms. The second kappa shape index (κ2) is 10.7. The van der Waals surface area contributed by atoms with Crippen LogP contribution < -0.4 is 5.32 Å². The van der Waals surface area contributed by atoms with Gasteiger partial charge < -0.3 is 10.2 Å². The predicted molar refractivity (Wildman–Crippen MR) is 93.2 cm³/mol. The summed E-state index contributed by atoms with van der Waals surface area (Å²) in [5, 5.41) is 14.3. The van der Waals surface area contributed by atoms with Crippen LogP contribution in [0.15, 0.2) is 24.3 Å². The Bertz CT molecular complexity index is 456. The van der Waals surface area contributed by atoms with Crippen LogP contribution in [0.5, 0.6) is 0 Å². The summed E-state index contributed by atoms with van der Waals surface area (Å²) in [6.45, 7) is 6.81. The van der Waals surface area contributed by atoms with E-state index in [4.69, 9.17) is 0 Å². The number of para-hydroxylation sites is 1. The van der Waals surface area contributed by atoms with E-state index in [9.17, 15) is 10.1 Å². The lowest BCUT2D eigenvalue weighted by molar-refractivity contribution is -0.385. The van der Waals surface area contributed by atoms with Crippen LogP contribution in [0, 0.1) is 10.1 Å². The summed E-state index contributed by atoms with van der Waals surface area (Å²) in [4.78, 5) is 15.2. The fourth-order valence-electron chi connectivity index (χ4n) is 2.44. The second-order valence-corrected chi connectivity index (χ2v) is 5.22. The Morgan fingerprint density at radius 3 is 2.55 bits per heavy atom. The molecule has 1 heterocycles. The first-order valence-corrected chi connectivity index (χ1v) is 7.01. The Morgan fingerprint density at radius 1 is 1.27 bits per heavy atom. The molecule has 1 aliphatic rings. The van der Waals surface area contributed by atoms with Gasteiger partial charge in [0.1, 0.15) is 0 Å². The van der Waals surface area contributed by atoms with Crippen LogP contribution in [-0.2, 0) is 6.54 Å². The first-order chi connectivity index (χ1) is 9.66. The molecule has 1 N–H and O–H groups in total. The van der Waals surface area contributed by atoms with E-state index in [0.717, 1.165) is 44.8 Å². The zero-order valence-electron chi connectivity index (χ0n) is 12.7. The van der Waals surface area contributed by atoms with Gasteiger partial charge in [0.05, 0.1) is 4.92 Å². The minimum Gasteiger partial charge on any atom is -0.314 e. The highest BCUT2D eigenvalue weighted by Crippen LogP contribution is 2.18. The minimum atomic E-state index is -0.306. The predicted octanol–water partition coefficient (Wildman–Crippen LogP) is 1.78. The molecule has 1 saturated heterocycles. The summed E-state index contributed by atoms with van der Waals surface area (Å²) in [5.41, 5.74) is 0.988. The maximum absolute atomic E-state index is 11.0. The summed E-state index contributed by atoms with van der Waals surface area (Å²) < 4.78 is 0. The molecular formula is C14H24Cl2N4O2. The van der Waals surface area contributed by atoms with Crippen molar-refractivity contribution in [1.29, 1.82) is 0 Å². The lowest BCUT2D eigenvalue weighted by Crippen LogP contribution is -2.45. The quantitative estimate of drug-likeness (QED) is 0.625. The van der Waals surface area contributed by atoms with Crippen molar-refractivity contribution in [2.75, 3.05) is 46.3 Å². The van der Waals surface area contributed by atoms with Crippen LogP contribution in [0.3, 0.4) is 0 Å². The molecule has 22 heavy (non-hydrogen) atoms. The van der Waals surface area contributed by atoms with Gasteiger partial charge in [0.2, 0.25) is 0 Å². The third-order valence-electron chi connectivity index (χ3n) is 3.64. The van der Waals surface area contributed by atoms with Crippen molar-refractivity contribution in [3.05, 3.63) is 39.9 Å². The number of hydrogen-bond donors (Lipinski definition) is 1. The van der Waals surface area contributed by atoms with Gasteiger partial charge >= 0.3 is 0 Å². The van der Waals surface area contributed by atoms with Crippen LogP contribution in [0.25, 0.3) is 0 Å². The smallest absolute Gasteiger partial charge is 0.273 e. The highest BCUT2D eigenvalue weighted by Gasteiger charge is 2.15. The fourth-order valence-corrected chi connectivity index (χ4v) is 2.44. The van der Waals surface area contributed by atoms with E-state index >= 15 is 0 Å². The number of nitrogens with zero attached hydrogens (tertiary/aromatic N) is 3. The van der Waals surface area contributed by atoms with Crippen molar-refractivity contribution in [2.24, 2.45) is 0 Å². The Kier molecular flexibility index (Phi) is 10.3. The van der Waals surface area contributed by atoms with E-state index in [0.29, 0.717) is 6.54 Å². The molecule has 0 aliphatic carbocycles. The largest absolute Gasteiger partial charge is 0.314 e. The van der Waals surface area contributed by atoms with Crippen molar-refractivity contribution in [3.63, 3.8) is 0 Å². The van der Waals surface area contributed by atoms with Gasteiger partial charge in [-0.15, -0.1) is 24.8 Å².